The van der Waals surface area contributed by atoms with Gasteiger partial charge in [-0.05, 0) is 90.0 Å². The van der Waals surface area contributed by atoms with E-state index in [0.717, 1.165) is 116 Å². The standard InChI is InChI=1S/C42H60N16/c1-7-29-22-49-58(23-29)35-15-10-30(20-35)21-36-38(44-9-3)40(55-42(53-36)46-19-17-34-25-57(6)27-48-34)52-32-13-11-31(12-14-32)51-39-37(43-8-2)28(4)50-41(54-39)45-18-16-33-24-56(5)26-47-33/h8-9,22-27,30-32,35H,7,10-21H2,1-6H3,(H2,45,50,51,54)(H2,46,52,53,55). The van der Waals surface area contributed by atoms with Gasteiger partial charge in [-0.2, -0.15) is 15.1 Å². The van der Waals surface area contributed by atoms with E-state index in [0.29, 0.717) is 36.9 Å². The highest BCUT2D eigenvalue weighted by atomic mass is 15.3. The molecule has 4 N–H and O–H groups in total. The number of aryl methyl sites for hydroxylation is 4. The third kappa shape index (κ3) is 10.4. The summed E-state index contributed by atoms with van der Waals surface area (Å²) in [6, 6.07) is 0.898. The molecule has 5 heterocycles. The van der Waals surface area contributed by atoms with Gasteiger partial charge in [0, 0.05) is 83.1 Å². The molecule has 16 nitrogen and oxygen atoms in total. The second-order valence-electron chi connectivity index (χ2n) is 15.8. The lowest BCUT2D eigenvalue weighted by atomic mass is 9.91. The van der Waals surface area contributed by atoms with Gasteiger partial charge in [0.25, 0.3) is 0 Å². The van der Waals surface area contributed by atoms with Gasteiger partial charge < -0.3 is 30.4 Å². The quantitative estimate of drug-likeness (QED) is 0.0674. The van der Waals surface area contributed by atoms with E-state index in [1.54, 1.807) is 6.21 Å². The third-order valence-electron chi connectivity index (χ3n) is 11.2. The number of nitrogens with one attached hydrogen (secondary N) is 4. The summed E-state index contributed by atoms with van der Waals surface area (Å²) in [6.07, 6.45) is 26.2. The van der Waals surface area contributed by atoms with Crippen molar-refractivity contribution in [1.29, 1.82) is 0 Å². The molecule has 0 radical (unpaired) electrons. The minimum absolute atomic E-state index is 0.237. The lowest BCUT2D eigenvalue weighted by molar-refractivity contribution is 0.427. The van der Waals surface area contributed by atoms with Crippen LogP contribution in [0.2, 0.25) is 0 Å². The monoisotopic (exact) mass is 789 g/mol. The Labute approximate surface area is 342 Å². The van der Waals surface area contributed by atoms with Crippen LogP contribution in [0.3, 0.4) is 0 Å². The van der Waals surface area contributed by atoms with Crippen molar-refractivity contribution in [1.82, 2.24) is 48.8 Å². The molecule has 2 aliphatic rings. The molecule has 16 heteroatoms. The van der Waals surface area contributed by atoms with Crippen LogP contribution in [-0.4, -0.2) is 86.4 Å². The molecule has 2 saturated carbocycles. The molecule has 2 unspecified atom stereocenters. The van der Waals surface area contributed by atoms with Gasteiger partial charge >= 0.3 is 0 Å². The lowest BCUT2D eigenvalue weighted by Gasteiger charge is -2.31. The number of nitrogens with zero attached hydrogens (tertiary/aromatic N) is 12. The van der Waals surface area contributed by atoms with Crippen molar-refractivity contribution in [2.45, 2.75) is 116 Å². The summed E-state index contributed by atoms with van der Waals surface area (Å²) < 4.78 is 6.11. The van der Waals surface area contributed by atoms with Crippen molar-refractivity contribution in [3.63, 3.8) is 0 Å². The smallest absolute Gasteiger partial charge is 0.225 e. The maximum atomic E-state index is 5.12. The Bertz CT molecular complexity index is 2150. The topological polar surface area (TPSA) is 178 Å². The van der Waals surface area contributed by atoms with Crippen LogP contribution < -0.4 is 21.3 Å². The van der Waals surface area contributed by atoms with E-state index in [1.807, 2.05) is 75.3 Å². The molecule has 2 fully saturated rings. The zero-order chi connectivity index (χ0) is 40.4. The summed E-state index contributed by atoms with van der Waals surface area (Å²) in [4.78, 5) is 38.3. The van der Waals surface area contributed by atoms with Crippen LogP contribution in [-0.2, 0) is 39.8 Å². The molecule has 0 amide bonds. The minimum atomic E-state index is 0.237. The normalized spacial score (nSPS) is 19.7. The first-order chi connectivity index (χ1) is 28.3. The molecule has 7 rings (SSSR count). The minimum Gasteiger partial charge on any atom is -0.365 e. The Morgan fingerprint density at radius 2 is 1.33 bits per heavy atom. The second-order valence-corrected chi connectivity index (χ2v) is 15.8. The van der Waals surface area contributed by atoms with Gasteiger partial charge in [-0.1, -0.05) is 6.92 Å². The SMILES string of the molecule is CC=Nc1c(C)nc(NCCc2cn(C)cn2)nc1NC1CCC(Nc2nc(NCCc3cn(C)cn3)nc(CC3CCC(n4cc(CC)cn4)C3)c2N=CC)CC1. The second kappa shape index (κ2) is 19.2. The molecule has 0 aromatic carbocycles. The van der Waals surface area contributed by atoms with E-state index in [2.05, 4.69) is 60.2 Å². The molecular weight excluding hydrogens is 729 g/mol. The number of hydrogen-bond acceptors (Lipinski definition) is 13. The maximum Gasteiger partial charge on any atom is 0.225 e. The van der Waals surface area contributed by atoms with E-state index in [4.69, 9.17) is 30.0 Å². The Hall–Kier alpha value is -5.67. The summed E-state index contributed by atoms with van der Waals surface area (Å²) in [7, 11) is 3.97. The van der Waals surface area contributed by atoms with Gasteiger partial charge in [0.2, 0.25) is 11.9 Å². The molecule has 0 bridgehead atoms. The van der Waals surface area contributed by atoms with Gasteiger partial charge in [0.1, 0.15) is 11.4 Å². The lowest BCUT2D eigenvalue weighted by Crippen LogP contribution is -2.33. The zero-order valence-corrected chi connectivity index (χ0v) is 35.0. The van der Waals surface area contributed by atoms with Gasteiger partial charge in [-0.3, -0.25) is 14.7 Å². The molecule has 5 aromatic heterocycles. The molecule has 0 spiro atoms. The van der Waals surface area contributed by atoms with Crippen LogP contribution in [0.15, 0.2) is 47.4 Å². The number of imidazole rings is 2. The number of aromatic nitrogens is 10. The van der Waals surface area contributed by atoms with Crippen LogP contribution in [0.1, 0.15) is 100 Å². The van der Waals surface area contributed by atoms with Crippen molar-refractivity contribution in [2.75, 3.05) is 34.4 Å². The van der Waals surface area contributed by atoms with Crippen LogP contribution >= 0.6 is 0 Å². The first-order valence-corrected chi connectivity index (χ1v) is 21.0. The summed E-state index contributed by atoms with van der Waals surface area (Å²) in [6.45, 7) is 9.42. The van der Waals surface area contributed by atoms with Gasteiger partial charge in [-0.15, -0.1) is 0 Å². The molecule has 2 atom stereocenters. The highest BCUT2D eigenvalue weighted by Gasteiger charge is 2.30. The Kier molecular flexibility index (Phi) is 13.4. The molecule has 2 aliphatic carbocycles. The van der Waals surface area contributed by atoms with Crippen molar-refractivity contribution in [3.8, 4) is 0 Å². The first-order valence-electron chi connectivity index (χ1n) is 21.0. The van der Waals surface area contributed by atoms with Gasteiger partial charge in [0.15, 0.2) is 11.6 Å². The Morgan fingerprint density at radius 3 is 1.88 bits per heavy atom. The molecular formula is C42H60N16. The molecule has 58 heavy (non-hydrogen) atoms. The van der Waals surface area contributed by atoms with Crippen LogP contribution in [0, 0.1) is 12.8 Å². The van der Waals surface area contributed by atoms with Crippen LogP contribution in [0.4, 0.5) is 34.9 Å². The van der Waals surface area contributed by atoms with Crippen LogP contribution in [0.25, 0.3) is 0 Å². The van der Waals surface area contributed by atoms with E-state index in [-0.39, 0.29) is 12.1 Å². The van der Waals surface area contributed by atoms with E-state index >= 15 is 0 Å². The van der Waals surface area contributed by atoms with E-state index in [1.165, 1.54) is 5.56 Å². The summed E-state index contributed by atoms with van der Waals surface area (Å²) in [5.74, 6) is 3.26. The fourth-order valence-corrected chi connectivity index (χ4v) is 8.19. The summed E-state index contributed by atoms with van der Waals surface area (Å²) >= 11 is 0. The fourth-order valence-electron chi connectivity index (χ4n) is 8.19. The average molecular weight is 789 g/mol. The fraction of sp³-hybridized carbons (Fsp3) is 0.548. The number of anilines is 4. The number of hydrogen-bond donors (Lipinski definition) is 4. The first kappa shape index (κ1) is 40.5. The Morgan fingerprint density at radius 1 is 0.741 bits per heavy atom. The average Bonchev–Trinajstić information content (AvgIpc) is 4.04. The maximum absolute atomic E-state index is 5.12. The largest absolute Gasteiger partial charge is 0.365 e. The van der Waals surface area contributed by atoms with Crippen molar-refractivity contribution >= 4 is 47.3 Å². The van der Waals surface area contributed by atoms with Crippen molar-refractivity contribution < 1.29 is 0 Å². The van der Waals surface area contributed by atoms with Gasteiger partial charge in [0.05, 0.1) is 47.7 Å². The summed E-state index contributed by atoms with van der Waals surface area (Å²) in [5.41, 5.74) is 6.79. The molecule has 0 saturated heterocycles. The number of aliphatic imine (C=N–C) groups is 2. The number of rotatable bonds is 18. The van der Waals surface area contributed by atoms with Crippen molar-refractivity contribution in [2.24, 2.45) is 30.0 Å². The van der Waals surface area contributed by atoms with E-state index < -0.39 is 0 Å². The van der Waals surface area contributed by atoms with E-state index in [9.17, 15) is 0 Å². The summed E-state index contributed by atoms with van der Waals surface area (Å²) in [5, 5.41) is 19.2. The molecule has 5 aromatic rings. The Balaban J connectivity index is 1.03. The molecule has 308 valence electrons. The highest BCUT2D eigenvalue weighted by molar-refractivity contribution is 5.73. The molecule has 0 aliphatic heterocycles. The zero-order valence-electron chi connectivity index (χ0n) is 35.0. The third-order valence-corrected chi connectivity index (χ3v) is 11.2. The van der Waals surface area contributed by atoms with Crippen molar-refractivity contribution in [3.05, 3.63) is 65.8 Å². The van der Waals surface area contributed by atoms with Crippen LogP contribution in [0.5, 0.6) is 0 Å². The highest BCUT2D eigenvalue weighted by Crippen LogP contribution is 2.40. The van der Waals surface area contributed by atoms with Gasteiger partial charge in [-0.25, -0.2) is 19.9 Å². The predicted molar refractivity (Wildman–Crippen MR) is 232 cm³/mol. The predicted octanol–water partition coefficient (Wildman–Crippen LogP) is 6.97.